The molecule has 2 aliphatic heterocycles. The Labute approximate surface area is 228 Å². The lowest BCUT2D eigenvalue weighted by Crippen LogP contribution is -2.38. The van der Waals surface area contributed by atoms with E-state index in [2.05, 4.69) is 42.7 Å². The number of likely N-dealkylation sites (N-methyl/N-ethyl adjacent to an activating group) is 1. The first-order chi connectivity index (χ1) is 18.3. The van der Waals surface area contributed by atoms with Gasteiger partial charge in [0.25, 0.3) is 0 Å². The van der Waals surface area contributed by atoms with Crippen molar-refractivity contribution >= 4 is 6.21 Å². The van der Waals surface area contributed by atoms with Crippen LogP contribution in [0.2, 0.25) is 0 Å². The molecule has 38 heavy (non-hydrogen) atoms. The highest BCUT2D eigenvalue weighted by atomic mass is 16.5. The quantitative estimate of drug-likeness (QED) is 0.212. The minimum atomic E-state index is -0.727. The first kappa shape index (κ1) is 29.9. The lowest BCUT2D eigenvalue weighted by molar-refractivity contribution is 0.0235. The number of aryl methyl sites for hydroxylation is 1. The number of hydrogen-bond donors (Lipinski definition) is 4. The van der Waals surface area contributed by atoms with E-state index < -0.39 is 12.2 Å². The number of unbranched alkanes of at least 4 members (excludes halogenated alkanes) is 1. The number of phenolic OH excluding ortho intramolecular Hbond substituents is 1. The van der Waals surface area contributed by atoms with Gasteiger partial charge in [-0.1, -0.05) is 44.9 Å². The number of rotatable bonds is 17. The number of allylic oxidation sites excluding steroid dienone is 2. The highest BCUT2D eigenvalue weighted by Crippen LogP contribution is 2.31. The minimum Gasteiger partial charge on any atom is -0.592 e. The SMILES string of the molecule is CCCCC1[CH-]C=C(CCc2ccc(O)c(OCC(NCC)[C+]3C=C(C(C)CCC(O)C(C)O)C=N3)c2)O1. The fraction of sp³-hybridized carbons (Fsp3) is 0.581. The number of benzene rings is 1. The van der Waals surface area contributed by atoms with Gasteiger partial charge in [-0.2, -0.15) is 12.5 Å². The topological polar surface area (TPSA) is 104 Å². The zero-order valence-corrected chi connectivity index (χ0v) is 23.4. The third-order valence-corrected chi connectivity index (χ3v) is 7.24. The van der Waals surface area contributed by atoms with Crippen LogP contribution in [-0.4, -0.2) is 59.0 Å². The van der Waals surface area contributed by atoms with Gasteiger partial charge in [0.05, 0.1) is 18.3 Å². The lowest BCUT2D eigenvalue weighted by atomic mass is 9.93. The molecule has 1 aromatic rings. The number of aliphatic imine (C=N–C) groups is 1. The van der Waals surface area contributed by atoms with Gasteiger partial charge in [0, 0.05) is 12.0 Å². The first-order valence-electron chi connectivity index (χ1n) is 14.2. The molecule has 7 heteroatoms. The largest absolute Gasteiger partial charge is 0.592 e. The van der Waals surface area contributed by atoms with Crippen molar-refractivity contribution in [1.29, 1.82) is 0 Å². The van der Waals surface area contributed by atoms with Crippen molar-refractivity contribution in [3.05, 3.63) is 59.7 Å². The maximum Gasteiger partial charge on any atom is 0.176 e. The summed E-state index contributed by atoms with van der Waals surface area (Å²) in [5.74, 6) is 1.81. The molecule has 1 aromatic carbocycles. The molecule has 0 aliphatic carbocycles. The van der Waals surface area contributed by atoms with Crippen LogP contribution >= 0.6 is 0 Å². The molecule has 0 aromatic heterocycles. The van der Waals surface area contributed by atoms with Gasteiger partial charge in [-0.15, -0.1) is 4.99 Å². The summed E-state index contributed by atoms with van der Waals surface area (Å²) in [4.78, 5) is 4.63. The number of aromatic hydroxyl groups is 1. The zero-order chi connectivity index (χ0) is 27.5. The van der Waals surface area contributed by atoms with Crippen LogP contribution in [0.1, 0.15) is 71.8 Å². The van der Waals surface area contributed by atoms with E-state index in [0.717, 1.165) is 55.2 Å². The normalized spacial score (nSPS) is 19.8. The van der Waals surface area contributed by atoms with E-state index in [9.17, 15) is 15.3 Å². The summed E-state index contributed by atoms with van der Waals surface area (Å²) < 4.78 is 12.1. The average Bonchev–Trinajstić information content (AvgIpc) is 3.58. The molecule has 0 spiro atoms. The average molecular weight is 527 g/mol. The minimum absolute atomic E-state index is 0.120. The van der Waals surface area contributed by atoms with E-state index in [1.165, 1.54) is 12.8 Å². The summed E-state index contributed by atoms with van der Waals surface area (Å²) in [5, 5.41) is 33.3. The number of aliphatic hydroxyl groups excluding tert-OH is 2. The summed E-state index contributed by atoms with van der Waals surface area (Å²) in [6, 6.07) is 6.29. The molecule has 0 amide bonds. The third kappa shape index (κ3) is 9.00. The zero-order valence-electron chi connectivity index (χ0n) is 23.4. The summed E-state index contributed by atoms with van der Waals surface area (Å²) in [6.45, 7) is 9.03. The van der Waals surface area contributed by atoms with Gasteiger partial charge >= 0.3 is 0 Å². The highest BCUT2D eigenvalue weighted by molar-refractivity contribution is 5.84. The number of phenols is 1. The fourth-order valence-electron chi connectivity index (χ4n) is 4.64. The molecule has 2 heterocycles. The van der Waals surface area contributed by atoms with E-state index in [-0.39, 0.29) is 23.8 Å². The van der Waals surface area contributed by atoms with E-state index >= 15 is 0 Å². The third-order valence-electron chi connectivity index (χ3n) is 7.24. The second-order valence-electron chi connectivity index (χ2n) is 10.5. The van der Waals surface area contributed by atoms with Crippen LogP contribution in [0.25, 0.3) is 0 Å². The number of aliphatic hydroxyl groups is 2. The standard InChI is InChI=1S/C31H46N2O5/c1-5-7-8-25-13-14-26(38-25)12-10-23-11-16-30(36)31(17-23)37-20-28(32-6-2)27-18-24(19-33-27)21(3)9-15-29(35)22(4)34/h11,13-14,16-19,21-22,25,28-29,32,34-36H,5-10,12,15,20H2,1-4H3. The Bertz CT molecular complexity index is 958. The van der Waals surface area contributed by atoms with Gasteiger partial charge in [0.2, 0.25) is 0 Å². The molecule has 7 nitrogen and oxygen atoms in total. The van der Waals surface area contributed by atoms with Crippen molar-refractivity contribution in [2.24, 2.45) is 10.9 Å². The van der Waals surface area contributed by atoms with E-state index in [1.54, 1.807) is 13.0 Å². The summed E-state index contributed by atoms with van der Waals surface area (Å²) in [6.07, 6.45) is 13.3. The summed E-state index contributed by atoms with van der Waals surface area (Å²) in [5.41, 5.74) is 2.18. The molecule has 0 saturated heterocycles. The highest BCUT2D eigenvalue weighted by Gasteiger charge is 2.33. The molecule has 0 radical (unpaired) electrons. The Morgan fingerprint density at radius 1 is 1.18 bits per heavy atom. The van der Waals surface area contributed by atoms with E-state index in [0.29, 0.717) is 18.8 Å². The first-order valence-corrected chi connectivity index (χ1v) is 14.2. The van der Waals surface area contributed by atoms with Crippen molar-refractivity contribution in [3.8, 4) is 11.5 Å². The summed E-state index contributed by atoms with van der Waals surface area (Å²) in [7, 11) is 0. The van der Waals surface area contributed by atoms with Gasteiger partial charge in [-0.05, 0) is 63.8 Å². The molecule has 3 rings (SSSR count). The van der Waals surface area contributed by atoms with E-state index in [4.69, 9.17) is 9.47 Å². The molecule has 0 bridgehead atoms. The van der Waals surface area contributed by atoms with Crippen molar-refractivity contribution in [2.75, 3.05) is 13.2 Å². The van der Waals surface area contributed by atoms with Crippen molar-refractivity contribution in [3.63, 3.8) is 0 Å². The van der Waals surface area contributed by atoms with Crippen LogP contribution < -0.4 is 10.1 Å². The van der Waals surface area contributed by atoms with Crippen molar-refractivity contribution < 1.29 is 24.8 Å². The van der Waals surface area contributed by atoms with Crippen molar-refractivity contribution in [2.45, 2.75) is 97.0 Å². The Hall–Kier alpha value is -2.61. The summed E-state index contributed by atoms with van der Waals surface area (Å²) >= 11 is 0. The second kappa shape index (κ2) is 15.1. The van der Waals surface area contributed by atoms with Gasteiger partial charge in [0.15, 0.2) is 23.8 Å². The molecular weight excluding hydrogens is 480 g/mol. The Morgan fingerprint density at radius 3 is 2.74 bits per heavy atom. The van der Waals surface area contributed by atoms with Crippen LogP contribution in [0.3, 0.4) is 0 Å². The van der Waals surface area contributed by atoms with Gasteiger partial charge in [-0.3, -0.25) is 5.32 Å². The predicted octanol–water partition coefficient (Wildman–Crippen LogP) is 5.06. The lowest BCUT2D eigenvalue weighted by Gasteiger charge is -2.21. The maximum absolute atomic E-state index is 10.4. The van der Waals surface area contributed by atoms with Crippen LogP contribution in [-0.2, 0) is 11.2 Å². The van der Waals surface area contributed by atoms with E-state index in [1.807, 2.05) is 25.3 Å². The Kier molecular flexibility index (Phi) is 11.9. The predicted molar refractivity (Wildman–Crippen MR) is 152 cm³/mol. The van der Waals surface area contributed by atoms with Gasteiger partial charge < -0.3 is 24.8 Å². The molecule has 5 atom stereocenters. The number of nitrogens with one attached hydrogen (secondary N) is 1. The molecule has 0 saturated carbocycles. The molecule has 4 N–H and O–H groups in total. The monoisotopic (exact) mass is 526 g/mol. The maximum atomic E-state index is 10.4. The number of nitrogens with zero attached hydrogens (tertiary/aromatic N) is 1. The number of hydrogen-bond acceptors (Lipinski definition) is 7. The second-order valence-corrected chi connectivity index (χ2v) is 10.5. The smallest absolute Gasteiger partial charge is 0.176 e. The molecular formula is C31H46N2O5. The van der Waals surface area contributed by atoms with Crippen LogP contribution in [0.15, 0.2) is 46.7 Å². The van der Waals surface area contributed by atoms with Crippen LogP contribution in [0.4, 0.5) is 0 Å². The van der Waals surface area contributed by atoms with Gasteiger partial charge in [-0.25, -0.2) is 0 Å². The molecule has 5 unspecified atom stereocenters. The van der Waals surface area contributed by atoms with Crippen LogP contribution in [0.5, 0.6) is 11.5 Å². The van der Waals surface area contributed by atoms with Crippen LogP contribution in [0, 0.1) is 18.4 Å². The Balaban J connectivity index is 1.53. The Morgan fingerprint density at radius 2 is 2.00 bits per heavy atom. The molecule has 210 valence electrons. The van der Waals surface area contributed by atoms with Crippen molar-refractivity contribution in [1.82, 2.24) is 5.32 Å². The van der Waals surface area contributed by atoms with Gasteiger partial charge in [0.1, 0.15) is 18.2 Å². The number of ether oxygens (including phenoxy) is 2. The molecule has 2 aliphatic rings. The fourth-order valence-corrected chi connectivity index (χ4v) is 4.64. The molecule has 0 fully saturated rings.